The van der Waals surface area contributed by atoms with E-state index in [9.17, 15) is 54.0 Å². The van der Waals surface area contributed by atoms with Gasteiger partial charge in [0.2, 0.25) is 0 Å². The number of aliphatic hydroxyl groups is 6. The van der Waals surface area contributed by atoms with Crippen molar-refractivity contribution >= 4 is 15.2 Å². The minimum Gasteiger partial charge on any atom is -0.394 e. The van der Waals surface area contributed by atoms with Crippen LogP contribution in [0, 0.1) is 0 Å². The summed E-state index contributed by atoms with van der Waals surface area (Å²) in [5.74, 6) is -1.55. The first-order valence-electron chi connectivity index (χ1n) is 10.3. The van der Waals surface area contributed by atoms with Crippen LogP contribution < -0.4 is 11.2 Å². The lowest BCUT2D eigenvalue weighted by molar-refractivity contribution is -0.278. The van der Waals surface area contributed by atoms with Crippen molar-refractivity contribution in [1.29, 1.82) is 0 Å². The van der Waals surface area contributed by atoms with Gasteiger partial charge in [0.05, 0.1) is 13.2 Å². The van der Waals surface area contributed by atoms with Gasteiger partial charge >= 0.3 is 20.9 Å². The van der Waals surface area contributed by atoms with Crippen molar-refractivity contribution in [3.05, 3.63) is 33.1 Å². The van der Waals surface area contributed by atoms with Crippen LogP contribution in [0.5, 0.6) is 0 Å². The van der Waals surface area contributed by atoms with Gasteiger partial charge < -0.3 is 54.4 Å². The molecule has 1 aromatic rings. The van der Waals surface area contributed by atoms with Crippen molar-refractivity contribution in [2.75, 3.05) is 19.1 Å². The van der Waals surface area contributed by atoms with E-state index in [1.165, 1.54) is 0 Å². The molecule has 0 aromatic carbocycles. The second-order valence-electron chi connectivity index (χ2n) is 8.08. The molecule has 2 saturated heterocycles. The van der Waals surface area contributed by atoms with E-state index in [1.807, 2.05) is 4.98 Å². The van der Waals surface area contributed by atoms with Crippen molar-refractivity contribution in [2.45, 2.75) is 55.2 Å². The Bertz CT molecular complexity index is 1120. The number of ether oxygens (including phenoxy) is 2. The van der Waals surface area contributed by atoms with Crippen LogP contribution in [0.25, 0.3) is 0 Å². The van der Waals surface area contributed by atoms with Gasteiger partial charge in [-0.3, -0.25) is 28.0 Å². The molecule has 2 aliphatic rings. The monoisotopic (exact) mass is 564 g/mol. The molecule has 3 unspecified atom stereocenters. The highest BCUT2D eigenvalue weighted by molar-refractivity contribution is 7.70. The second kappa shape index (κ2) is 11.2. The van der Waals surface area contributed by atoms with Crippen molar-refractivity contribution < 1.29 is 68.1 Å². The molecule has 36 heavy (non-hydrogen) atoms. The molecular weight excluding hydrogens is 538 g/mol. The van der Waals surface area contributed by atoms with Gasteiger partial charge in [0.1, 0.15) is 42.7 Å². The first kappa shape index (κ1) is 29.2. The van der Waals surface area contributed by atoms with Crippen LogP contribution in [-0.2, 0) is 27.7 Å². The first-order valence-corrected chi connectivity index (χ1v) is 13.8. The summed E-state index contributed by atoms with van der Waals surface area (Å²) in [6, 6.07) is 0.948. The van der Waals surface area contributed by atoms with E-state index in [0.29, 0.717) is 0 Å². The van der Waals surface area contributed by atoms with E-state index in [4.69, 9.17) is 19.1 Å². The van der Waals surface area contributed by atoms with Crippen molar-refractivity contribution in [3.63, 3.8) is 0 Å². The molecule has 2 fully saturated rings. The zero-order valence-corrected chi connectivity index (χ0v) is 19.9. The Labute approximate surface area is 201 Å². The lowest BCUT2D eigenvalue weighted by Gasteiger charge is -2.39. The zero-order valence-electron chi connectivity index (χ0n) is 18.2. The maximum Gasteiger partial charge on any atom is 0.342 e. The van der Waals surface area contributed by atoms with Crippen LogP contribution in [0.1, 0.15) is 6.23 Å². The third kappa shape index (κ3) is 6.56. The highest BCUT2D eigenvalue weighted by Crippen LogP contribution is 2.59. The number of aliphatic hydroxyl groups excluding tert-OH is 6. The lowest BCUT2D eigenvalue weighted by Crippen LogP contribution is -2.58. The quantitative estimate of drug-likeness (QED) is 0.127. The average Bonchev–Trinajstić information content (AvgIpc) is 3.06. The predicted molar refractivity (Wildman–Crippen MR) is 113 cm³/mol. The Morgan fingerprint density at radius 2 is 1.56 bits per heavy atom. The fourth-order valence-electron chi connectivity index (χ4n) is 3.53. The number of nitrogens with zero attached hydrogens (tertiary/aromatic N) is 1. The third-order valence-electron chi connectivity index (χ3n) is 5.38. The van der Waals surface area contributed by atoms with E-state index in [1.54, 1.807) is 0 Å². The Balaban J connectivity index is 1.61. The summed E-state index contributed by atoms with van der Waals surface area (Å²) in [7, 11) is -10.1. The molecule has 0 radical (unpaired) electrons. The molecule has 3 rings (SSSR count). The summed E-state index contributed by atoms with van der Waals surface area (Å²) < 4.78 is 45.1. The van der Waals surface area contributed by atoms with Gasteiger partial charge in [-0.05, 0) is 0 Å². The number of hydrogen-bond donors (Lipinski definition) is 9. The topological polar surface area (TPSA) is 288 Å². The van der Waals surface area contributed by atoms with Crippen LogP contribution in [0.3, 0.4) is 0 Å². The Morgan fingerprint density at radius 1 is 0.917 bits per heavy atom. The fraction of sp³-hybridized carbons (Fsp3) is 0.750. The lowest BCUT2D eigenvalue weighted by atomic mass is 10.00. The smallest absolute Gasteiger partial charge is 0.342 e. The Hall–Kier alpha value is -1.34. The number of H-pyrrole nitrogens is 1. The fourth-order valence-corrected chi connectivity index (χ4v) is 6.81. The SMILES string of the molecule is O=c1ccn([C@@H]2O[C@H](COP(=O)(O)CP(=O)(O)OC3O[C@H](CO)[C@@H](O)[C@H](O)[C@H]3O)[C@@H](O)[C@H]2O)c(=O)[nH]1. The first-order chi connectivity index (χ1) is 16.7. The number of hydrogen-bond acceptors (Lipinski definition) is 14. The molecule has 20 heteroatoms. The molecule has 0 spiro atoms. The number of aromatic nitrogens is 2. The summed E-state index contributed by atoms with van der Waals surface area (Å²) >= 11 is 0. The number of rotatable bonds is 9. The Morgan fingerprint density at radius 3 is 2.17 bits per heavy atom. The average molecular weight is 564 g/mol. The molecule has 0 amide bonds. The molecule has 206 valence electrons. The molecule has 18 nitrogen and oxygen atoms in total. The minimum atomic E-state index is -5.09. The van der Waals surface area contributed by atoms with Gasteiger partial charge in [-0.15, -0.1) is 0 Å². The molecular formula is C16H26N2O16P2. The Kier molecular flexibility index (Phi) is 9.08. The highest BCUT2D eigenvalue weighted by Gasteiger charge is 2.49. The van der Waals surface area contributed by atoms with E-state index < -0.39 is 101 Å². The van der Waals surface area contributed by atoms with Crippen LogP contribution in [-0.4, -0.2) is 118 Å². The van der Waals surface area contributed by atoms with E-state index in [0.717, 1.165) is 16.8 Å². The van der Waals surface area contributed by atoms with E-state index in [2.05, 4.69) is 4.52 Å². The summed E-state index contributed by atoms with van der Waals surface area (Å²) in [5.41, 5.74) is -1.70. The third-order valence-corrected chi connectivity index (χ3v) is 9.33. The molecule has 0 aliphatic carbocycles. The van der Waals surface area contributed by atoms with Gasteiger partial charge in [0, 0.05) is 12.3 Å². The maximum absolute atomic E-state index is 12.4. The van der Waals surface area contributed by atoms with Crippen LogP contribution in [0.4, 0.5) is 0 Å². The van der Waals surface area contributed by atoms with Gasteiger partial charge in [-0.25, -0.2) is 4.79 Å². The molecule has 1 aromatic heterocycles. The maximum atomic E-state index is 12.4. The molecule has 2 aliphatic heterocycles. The zero-order chi connectivity index (χ0) is 27.0. The summed E-state index contributed by atoms with van der Waals surface area (Å²) in [5, 5.41) is 58.8. The molecule has 11 atom stereocenters. The summed E-state index contributed by atoms with van der Waals surface area (Å²) in [6.45, 7) is -1.76. The van der Waals surface area contributed by atoms with Gasteiger partial charge in [0.25, 0.3) is 5.56 Å². The summed E-state index contributed by atoms with van der Waals surface area (Å²) in [4.78, 5) is 45.0. The van der Waals surface area contributed by atoms with Gasteiger partial charge in [-0.2, -0.15) is 0 Å². The van der Waals surface area contributed by atoms with Gasteiger partial charge in [-0.1, -0.05) is 0 Å². The summed E-state index contributed by atoms with van der Waals surface area (Å²) in [6.07, 6.45) is -14.8. The second-order valence-corrected chi connectivity index (χ2v) is 12.2. The van der Waals surface area contributed by atoms with Crippen molar-refractivity contribution in [3.8, 4) is 0 Å². The van der Waals surface area contributed by atoms with Crippen LogP contribution in [0.2, 0.25) is 0 Å². The highest BCUT2D eigenvalue weighted by atomic mass is 31.2. The van der Waals surface area contributed by atoms with E-state index in [-0.39, 0.29) is 0 Å². The molecule has 0 bridgehead atoms. The minimum absolute atomic E-state index is 0.732. The van der Waals surface area contributed by atoms with E-state index >= 15 is 0 Å². The van der Waals surface area contributed by atoms with Crippen LogP contribution in [0.15, 0.2) is 21.9 Å². The molecule has 3 heterocycles. The predicted octanol–water partition coefficient (Wildman–Crippen LogP) is -4.68. The standard InChI is InChI=1S/C16H26N2O16P2/c19-3-6-9(21)11(23)13(25)15(33-6)34-36(29,30)5-35(27,28)31-4-7-10(22)12(24)14(32-7)18-2-1-8(20)17-16(18)26/h1-2,6-7,9-15,19,21-25H,3-5H2,(H,27,28)(H,29,30)(H,17,20,26)/t6-,7-,9-,10-,11+,12-,13-,14-,15?/m1/s1. The number of aromatic amines is 1. The number of nitrogens with one attached hydrogen (secondary N) is 1. The largest absolute Gasteiger partial charge is 0.394 e. The van der Waals surface area contributed by atoms with Gasteiger partial charge in [0.15, 0.2) is 18.4 Å². The van der Waals surface area contributed by atoms with Crippen LogP contribution >= 0.6 is 15.2 Å². The molecule has 9 N–H and O–H groups in total. The normalized spacial score (nSPS) is 38.4. The van der Waals surface area contributed by atoms with Crippen molar-refractivity contribution in [1.82, 2.24) is 9.55 Å². The molecule has 0 saturated carbocycles. The van der Waals surface area contributed by atoms with Crippen molar-refractivity contribution in [2.24, 2.45) is 0 Å².